The number of aromatic nitrogens is 2. The highest BCUT2D eigenvalue weighted by Crippen LogP contribution is 2.31. The Bertz CT molecular complexity index is 495. The van der Waals surface area contributed by atoms with Crippen molar-refractivity contribution < 1.29 is 0 Å². The van der Waals surface area contributed by atoms with E-state index in [0.717, 1.165) is 19.3 Å². The minimum Gasteiger partial charge on any atom is -0.322 e. The molecule has 0 radical (unpaired) electrons. The third kappa shape index (κ3) is 3.15. The molecule has 0 bridgehead atoms. The smallest absolute Gasteiger partial charge is 0.322 e. The first-order valence-electron chi connectivity index (χ1n) is 7.23. The van der Waals surface area contributed by atoms with Crippen LogP contribution in [0.15, 0.2) is 15.7 Å². The maximum Gasteiger partial charge on any atom is 0.328 e. The van der Waals surface area contributed by atoms with Crippen molar-refractivity contribution in [3.05, 3.63) is 32.6 Å². The van der Waals surface area contributed by atoms with Gasteiger partial charge in [0.1, 0.15) is 0 Å². The van der Waals surface area contributed by atoms with Crippen LogP contribution >= 0.6 is 0 Å². The van der Waals surface area contributed by atoms with Crippen LogP contribution in [0.3, 0.4) is 0 Å². The zero-order valence-corrected chi connectivity index (χ0v) is 11.5. The Hall–Kier alpha value is -1.36. The molecule has 1 aliphatic rings. The van der Waals surface area contributed by atoms with Gasteiger partial charge in [0, 0.05) is 24.3 Å². The van der Waals surface area contributed by atoms with Crippen LogP contribution in [0.5, 0.6) is 0 Å². The summed E-state index contributed by atoms with van der Waals surface area (Å²) in [7, 11) is 0. The highest BCUT2D eigenvalue weighted by molar-refractivity contribution is 5.07. The Morgan fingerprint density at radius 2 is 2.05 bits per heavy atom. The van der Waals surface area contributed by atoms with Gasteiger partial charge in [-0.05, 0) is 25.2 Å². The van der Waals surface area contributed by atoms with Crippen molar-refractivity contribution in [2.24, 2.45) is 11.7 Å². The van der Waals surface area contributed by atoms with Gasteiger partial charge >= 0.3 is 5.69 Å². The number of rotatable bonds is 4. The molecule has 5 nitrogen and oxygen atoms in total. The fraction of sp³-hybridized carbons (Fsp3) is 0.714. The second-order valence-electron chi connectivity index (χ2n) is 5.44. The number of hydrogen-bond donors (Lipinski definition) is 2. The number of nitrogens with zero attached hydrogens (tertiary/aromatic N) is 1. The maximum atomic E-state index is 11.9. The van der Waals surface area contributed by atoms with Crippen LogP contribution in [0.1, 0.15) is 57.2 Å². The van der Waals surface area contributed by atoms with E-state index in [1.54, 1.807) is 0 Å². The largest absolute Gasteiger partial charge is 0.328 e. The number of hydrogen-bond acceptors (Lipinski definition) is 3. The second-order valence-corrected chi connectivity index (χ2v) is 5.44. The van der Waals surface area contributed by atoms with Gasteiger partial charge in [-0.2, -0.15) is 0 Å². The molecule has 1 aliphatic carbocycles. The minimum atomic E-state index is -0.337. The van der Waals surface area contributed by atoms with E-state index in [2.05, 4.69) is 4.98 Å². The molecule has 19 heavy (non-hydrogen) atoms. The van der Waals surface area contributed by atoms with E-state index < -0.39 is 0 Å². The first-order chi connectivity index (χ1) is 9.13. The molecule has 1 aromatic rings. The lowest BCUT2D eigenvalue weighted by Gasteiger charge is -2.27. The maximum absolute atomic E-state index is 11.9. The fourth-order valence-corrected chi connectivity index (χ4v) is 2.90. The molecule has 1 saturated carbocycles. The molecule has 1 atom stereocenters. The molecule has 1 fully saturated rings. The van der Waals surface area contributed by atoms with Crippen molar-refractivity contribution in [3.8, 4) is 0 Å². The van der Waals surface area contributed by atoms with Gasteiger partial charge in [-0.1, -0.05) is 26.2 Å². The van der Waals surface area contributed by atoms with Crippen molar-refractivity contribution in [2.75, 3.05) is 0 Å². The molecule has 0 saturated heterocycles. The molecule has 0 spiro atoms. The average Bonchev–Trinajstić information content (AvgIpc) is 2.43. The lowest BCUT2D eigenvalue weighted by atomic mass is 9.83. The molecule has 3 N–H and O–H groups in total. The van der Waals surface area contributed by atoms with Gasteiger partial charge in [0.25, 0.3) is 5.56 Å². The highest BCUT2D eigenvalue weighted by atomic mass is 16.2. The summed E-state index contributed by atoms with van der Waals surface area (Å²) in [5.41, 5.74) is 6.22. The first kappa shape index (κ1) is 14.1. The van der Waals surface area contributed by atoms with Gasteiger partial charge in [-0.3, -0.25) is 9.36 Å². The molecular weight excluding hydrogens is 242 g/mol. The summed E-state index contributed by atoms with van der Waals surface area (Å²) in [6.07, 6.45) is 6.57. The van der Waals surface area contributed by atoms with Crippen LogP contribution in [0.4, 0.5) is 0 Å². The molecule has 1 aromatic heterocycles. The quantitative estimate of drug-likeness (QED) is 0.866. The molecular formula is C14H23N3O2. The number of aromatic amines is 1. The SMILES string of the molecule is CCCn1c(=O)cc(C(N)C2CCCCC2)[nH]c1=O. The van der Waals surface area contributed by atoms with Gasteiger partial charge in [-0.25, -0.2) is 4.79 Å². The summed E-state index contributed by atoms with van der Waals surface area (Å²) in [5, 5.41) is 0. The summed E-state index contributed by atoms with van der Waals surface area (Å²) < 4.78 is 1.23. The van der Waals surface area contributed by atoms with E-state index in [1.807, 2.05) is 6.92 Å². The van der Waals surface area contributed by atoms with Crippen molar-refractivity contribution in [2.45, 2.75) is 58.0 Å². The predicted molar refractivity (Wildman–Crippen MR) is 75.1 cm³/mol. The van der Waals surface area contributed by atoms with Crippen LogP contribution < -0.4 is 17.0 Å². The van der Waals surface area contributed by atoms with E-state index in [9.17, 15) is 9.59 Å². The van der Waals surface area contributed by atoms with E-state index in [0.29, 0.717) is 18.2 Å². The minimum absolute atomic E-state index is 0.225. The standard InChI is InChI=1S/C14H23N3O2/c1-2-8-17-12(18)9-11(16-14(17)19)13(15)10-6-4-3-5-7-10/h9-10,13H,2-8,15H2,1H3,(H,16,19). The predicted octanol–water partition coefficient (Wildman–Crippen LogP) is 1.53. The van der Waals surface area contributed by atoms with Crippen molar-refractivity contribution >= 4 is 0 Å². The summed E-state index contributed by atoms with van der Waals surface area (Å²) in [6, 6.07) is 1.27. The van der Waals surface area contributed by atoms with Gasteiger partial charge in [0.15, 0.2) is 0 Å². The third-order valence-corrected chi connectivity index (χ3v) is 4.01. The second kappa shape index (κ2) is 6.19. The lowest BCUT2D eigenvalue weighted by Crippen LogP contribution is -2.37. The molecule has 106 valence electrons. The fourth-order valence-electron chi connectivity index (χ4n) is 2.90. The van der Waals surface area contributed by atoms with Crippen LogP contribution in [-0.2, 0) is 6.54 Å². The molecule has 1 heterocycles. The van der Waals surface area contributed by atoms with Crippen LogP contribution in [0, 0.1) is 5.92 Å². The Morgan fingerprint density at radius 3 is 2.63 bits per heavy atom. The first-order valence-corrected chi connectivity index (χ1v) is 7.23. The number of H-pyrrole nitrogens is 1. The topological polar surface area (TPSA) is 80.9 Å². The summed E-state index contributed by atoms with van der Waals surface area (Å²) >= 11 is 0. The normalized spacial score (nSPS) is 18.4. The van der Waals surface area contributed by atoms with Crippen LogP contribution in [0.25, 0.3) is 0 Å². The summed E-state index contributed by atoms with van der Waals surface area (Å²) in [6.45, 7) is 2.39. The van der Waals surface area contributed by atoms with Crippen molar-refractivity contribution in [1.82, 2.24) is 9.55 Å². The molecule has 2 rings (SSSR count). The van der Waals surface area contributed by atoms with Gasteiger partial charge in [0.05, 0.1) is 0 Å². The van der Waals surface area contributed by atoms with E-state index in [1.165, 1.54) is 29.9 Å². The molecule has 0 amide bonds. The number of nitrogens with one attached hydrogen (secondary N) is 1. The van der Waals surface area contributed by atoms with Crippen LogP contribution in [0.2, 0.25) is 0 Å². The van der Waals surface area contributed by atoms with Gasteiger partial charge < -0.3 is 10.7 Å². The average molecular weight is 265 g/mol. The Balaban J connectivity index is 2.25. The Labute approximate surface area is 112 Å². The molecule has 0 aliphatic heterocycles. The Kier molecular flexibility index (Phi) is 4.58. The van der Waals surface area contributed by atoms with Crippen molar-refractivity contribution in [3.63, 3.8) is 0 Å². The van der Waals surface area contributed by atoms with Gasteiger partial charge in [-0.15, -0.1) is 0 Å². The monoisotopic (exact) mass is 265 g/mol. The van der Waals surface area contributed by atoms with E-state index in [4.69, 9.17) is 5.73 Å². The zero-order chi connectivity index (χ0) is 13.8. The highest BCUT2D eigenvalue weighted by Gasteiger charge is 2.23. The zero-order valence-electron chi connectivity index (χ0n) is 11.5. The molecule has 0 aromatic carbocycles. The van der Waals surface area contributed by atoms with Crippen LogP contribution in [-0.4, -0.2) is 9.55 Å². The third-order valence-electron chi connectivity index (χ3n) is 4.01. The summed E-state index contributed by atoms with van der Waals surface area (Å²) in [5.74, 6) is 0.380. The Morgan fingerprint density at radius 1 is 1.37 bits per heavy atom. The van der Waals surface area contributed by atoms with Gasteiger partial charge in [0.2, 0.25) is 0 Å². The molecule has 5 heteroatoms. The lowest BCUT2D eigenvalue weighted by molar-refractivity contribution is 0.303. The molecule has 1 unspecified atom stereocenters. The van der Waals surface area contributed by atoms with E-state index >= 15 is 0 Å². The summed E-state index contributed by atoms with van der Waals surface area (Å²) in [4.78, 5) is 26.6. The number of nitrogens with two attached hydrogens (primary N) is 1. The van der Waals surface area contributed by atoms with E-state index in [-0.39, 0.29) is 17.3 Å². The van der Waals surface area contributed by atoms with Crippen molar-refractivity contribution in [1.29, 1.82) is 0 Å².